The predicted molar refractivity (Wildman–Crippen MR) is 83.3 cm³/mol. The molecule has 0 aliphatic heterocycles. The molecule has 4 nitrogen and oxygen atoms in total. The second-order valence-electron chi connectivity index (χ2n) is 4.72. The Morgan fingerprint density at radius 2 is 1.86 bits per heavy atom. The minimum atomic E-state index is 0.363. The SMILES string of the molecule is Cc1nn2c(Cl)c(C)c(Cl)nc2c1COc1ccccc1. The van der Waals surface area contributed by atoms with Crippen LogP contribution in [0.3, 0.4) is 0 Å². The number of hydrogen-bond acceptors (Lipinski definition) is 3. The van der Waals surface area contributed by atoms with E-state index in [1.54, 1.807) is 4.52 Å². The molecule has 2 aromatic heterocycles. The number of aromatic nitrogens is 3. The lowest BCUT2D eigenvalue weighted by Gasteiger charge is -2.06. The first-order valence-electron chi connectivity index (χ1n) is 6.45. The maximum atomic E-state index is 6.27. The minimum absolute atomic E-state index is 0.363. The molecule has 0 N–H and O–H groups in total. The van der Waals surface area contributed by atoms with Gasteiger partial charge in [0.15, 0.2) is 5.65 Å². The van der Waals surface area contributed by atoms with Gasteiger partial charge in [-0.3, -0.25) is 0 Å². The first-order chi connectivity index (χ1) is 10.1. The summed E-state index contributed by atoms with van der Waals surface area (Å²) in [6, 6.07) is 9.59. The smallest absolute Gasteiger partial charge is 0.165 e. The third kappa shape index (κ3) is 2.57. The molecule has 3 aromatic rings. The van der Waals surface area contributed by atoms with Crippen LogP contribution in [0.2, 0.25) is 10.3 Å². The highest BCUT2D eigenvalue weighted by molar-refractivity contribution is 6.34. The summed E-state index contributed by atoms with van der Waals surface area (Å²) in [6.45, 7) is 4.08. The molecule has 0 aliphatic carbocycles. The van der Waals surface area contributed by atoms with Gasteiger partial charge in [0.1, 0.15) is 22.7 Å². The molecule has 0 fully saturated rings. The van der Waals surface area contributed by atoms with E-state index in [1.807, 2.05) is 44.2 Å². The van der Waals surface area contributed by atoms with Crippen molar-refractivity contribution in [1.82, 2.24) is 14.6 Å². The van der Waals surface area contributed by atoms with E-state index in [0.717, 1.165) is 17.0 Å². The average molecular weight is 322 g/mol. The van der Waals surface area contributed by atoms with E-state index >= 15 is 0 Å². The first kappa shape index (κ1) is 14.2. The zero-order valence-electron chi connectivity index (χ0n) is 11.6. The fraction of sp³-hybridized carbons (Fsp3) is 0.200. The first-order valence-corrected chi connectivity index (χ1v) is 7.21. The van der Waals surface area contributed by atoms with E-state index in [2.05, 4.69) is 10.1 Å². The van der Waals surface area contributed by atoms with E-state index in [0.29, 0.717) is 28.1 Å². The molecule has 0 spiro atoms. The molecule has 0 bridgehead atoms. The summed E-state index contributed by atoms with van der Waals surface area (Å²) in [7, 11) is 0. The third-order valence-electron chi connectivity index (χ3n) is 3.29. The van der Waals surface area contributed by atoms with Crippen LogP contribution < -0.4 is 4.74 Å². The van der Waals surface area contributed by atoms with Crippen molar-refractivity contribution in [3.8, 4) is 5.75 Å². The number of hydrogen-bond donors (Lipinski definition) is 0. The molecule has 0 saturated carbocycles. The molecule has 108 valence electrons. The molecule has 0 radical (unpaired) electrons. The van der Waals surface area contributed by atoms with Gasteiger partial charge in [0.2, 0.25) is 0 Å². The van der Waals surface area contributed by atoms with E-state index in [-0.39, 0.29) is 0 Å². The largest absolute Gasteiger partial charge is 0.489 e. The fourth-order valence-electron chi connectivity index (χ4n) is 2.06. The molecule has 6 heteroatoms. The summed E-state index contributed by atoms with van der Waals surface area (Å²) in [5.74, 6) is 0.792. The van der Waals surface area contributed by atoms with Crippen molar-refractivity contribution in [2.24, 2.45) is 0 Å². The Labute approximate surface area is 132 Å². The number of benzene rings is 1. The molecule has 21 heavy (non-hydrogen) atoms. The van der Waals surface area contributed by atoms with Crippen LogP contribution in [0.15, 0.2) is 30.3 Å². The molecule has 0 saturated heterocycles. The van der Waals surface area contributed by atoms with Crippen LogP contribution in [-0.4, -0.2) is 14.6 Å². The molecule has 3 rings (SSSR count). The van der Waals surface area contributed by atoms with Crippen molar-refractivity contribution in [2.75, 3.05) is 0 Å². The standard InChI is InChI=1S/C15H13Cl2N3O/c1-9-13(16)18-15-12(10(2)19-20(15)14(9)17)8-21-11-6-4-3-5-7-11/h3-7H,8H2,1-2H3. The van der Waals surface area contributed by atoms with Crippen LogP contribution in [0.4, 0.5) is 0 Å². The molecule has 0 atom stereocenters. The Morgan fingerprint density at radius 1 is 1.14 bits per heavy atom. The van der Waals surface area contributed by atoms with Crippen LogP contribution in [0.25, 0.3) is 5.65 Å². The van der Waals surface area contributed by atoms with Gasteiger partial charge in [0.05, 0.1) is 11.3 Å². The van der Waals surface area contributed by atoms with Crippen molar-refractivity contribution in [3.63, 3.8) is 0 Å². The monoisotopic (exact) mass is 321 g/mol. The van der Waals surface area contributed by atoms with Crippen LogP contribution >= 0.6 is 23.2 Å². The topological polar surface area (TPSA) is 39.4 Å². The summed E-state index contributed by atoms with van der Waals surface area (Å²) in [5, 5.41) is 5.26. The summed E-state index contributed by atoms with van der Waals surface area (Å²) < 4.78 is 7.37. The third-order valence-corrected chi connectivity index (χ3v) is 4.10. The zero-order valence-corrected chi connectivity index (χ0v) is 13.1. The van der Waals surface area contributed by atoms with Crippen LogP contribution in [-0.2, 0) is 6.61 Å². The van der Waals surface area contributed by atoms with Crippen molar-refractivity contribution < 1.29 is 4.74 Å². The zero-order chi connectivity index (χ0) is 15.0. The number of nitrogens with zero attached hydrogens (tertiary/aromatic N) is 3. The Hall–Kier alpha value is -1.78. The lowest BCUT2D eigenvalue weighted by molar-refractivity contribution is 0.306. The van der Waals surface area contributed by atoms with E-state index in [9.17, 15) is 0 Å². The maximum Gasteiger partial charge on any atom is 0.165 e. The Balaban J connectivity index is 2.01. The van der Waals surface area contributed by atoms with E-state index < -0.39 is 0 Å². The maximum absolute atomic E-state index is 6.27. The lowest BCUT2D eigenvalue weighted by Crippen LogP contribution is -2.00. The van der Waals surface area contributed by atoms with Crippen molar-refractivity contribution in [2.45, 2.75) is 20.5 Å². The van der Waals surface area contributed by atoms with Crippen LogP contribution in [0, 0.1) is 13.8 Å². The predicted octanol–water partition coefficient (Wildman–Crippen LogP) is 4.23. The van der Waals surface area contributed by atoms with Crippen molar-refractivity contribution >= 4 is 28.8 Å². The number of aryl methyl sites for hydroxylation is 1. The summed E-state index contributed by atoms with van der Waals surface area (Å²) in [6.07, 6.45) is 0. The summed E-state index contributed by atoms with van der Waals surface area (Å²) in [5.41, 5.74) is 3.04. The molecular weight excluding hydrogens is 309 g/mol. The highest BCUT2D eigenvalue weighted by Gasteiger charge is 2.17. The normalized spacial score (nSPS) is 11.0. The number of para-hydroxylation sites is 1. The number of fused-ring (bicyclic) bond motifs is 1. The second kappa shape index (κ2) is 5.54. The van der Waals surface area contributed by atoms with Gasteiger partial charge in [0.25, 0.3) is 0 Å². The molecule has 0 amide bonds. The number of ether oxygens (including phenoxy) is 1. The van der Waals surface area contributed by atoms with Gasteiger partial charge in [-0.1, -0.05) is 41.4 Å². The lowest BCUT2D eigenvalue weighted by atomic mass is 10.2. The molecular formula is C15H13Cl2N3O. The molecule has 1 aromatic carbocycles. The molecule has 0 aliphatic rings. The van der Waals surface area contributed by atoms with Crippen LogP contribution in [0.1, 0.15) is 16.8 Å². The van der Waals surface area contributed by atoms with Crippen molar-refractivity contribution in [1.29, 1.82) is 0 Å². The molecule has 0 unspecified atom stereocenters. The van der Waals surface area contributed by atoms with Gasteiger partial charge in [-0.15, -0.1) is 0 Å². The summed E-state index contributed by atoms with van der Waals surface area (Å²) >= 11 is 12.4. The van der Waals surface area contributed by atoms with Gasteiger partial charge < -0.3 is 4.74 Å². The minimum Gasteiger partial charge on any atom is -0.489 e. The highest BCUT2D eigenvalue weighted by Crippen LogP contribution is 2.26. The Kier molecular flexibility index (Phi) is 3.74. The number of halogens is 2. The van der Waals surface area contributed by atoms with Crippen LogP contribution in [0.5, 0.6) is 5.75 Å². The van der Waals surface area contributed by atoms with E-state index in [4.69, 9.17) is 27.9 Å². The van der Waals surface area contributed by atoms with Gasteiger partial charge in [-0.2, -0.15) is 5.10 Å². The fourth-order valence-corrected chi connectivity index (χ4v) is 2.49. The van der Waals surface area contributed by atoms with Gasteiger partial charge in [-0.05, 0) is 26.0 Å². The van der Waals surface area contributed by atoms with Crippen molar-refractivity contribution in [3.05, 3.63) is 57.5 Å². The second-order valence-corrected chi connectivity index (χ2v) is 5.44. The van der Waals surface area contributed by atoms with Gasteiger partial charge in [0, 0.05) is 5.56 Å². The Bertz CT molecular complexity index is 800. The number of rotatable bonds is 3. The van der Waals surface area contributed by atoms with Gasteiger partial charge in [-0.25, -0.2) is 9.50 Å². The quantitative estimate of drug-likeness (QED) is 0.677. The highest BCUT2D eigenvalue weighted by atomic mass is 35.5. The van der Waals surface area contributed by atoms with Gasteiger partial charge >= 0.3 is 0 Å². The summed E-state index contributed by atoms with van der Waals surface area (Å²) in [4.78, 5) is 4.37. The van der Waals surface area contributed by atoms with E-state index in [1.165, 1.54) is 0 Å². The average Bonchev–Trinajstić information content (AvgIpc) is 2.80. The molecule has 2 heterocycles. The Morgan fingerprint density at radius 3 is 2.57 bits per heavy atom.